The van der Waals surface area contributed by atoms with E-state index < -0.39 is 24.0 Å². The van der Waals surface area contributed by atoms with Crippen LogP contribution in [0.4, 0.5) is 4.79 Å². The zero-order valence-electron chi connectivity index (χ0n) is 13.4. The number of rotatable bonds is 3. The summed E-state index contributed by atoms with van der Waals surface area (Å²) in [6.07, 6.45) is -1.52. The number of ether oxygens (including phenoxy) is 2. The standard InChI is InChI=1S/C17H14ClNO6/c1-3-19-8(2)14(24-17(22)23)11(9-6-4-5-7-10(9)18)12-13(19)16(21)25-15(12)20/h4-7,11H,3H2,1-2H3,(H,22,23). The number of nitrogens with zero attached hydrogens (tertiary/aromatic N) is 1. The number of hydrogen-bond donors (Lipinski definition) is 1. The molecule has 7 nitrogen and oxygen atoms in total. The first-order valence-electron chi connectivity index (χ1n) is 7.51. The van der Waals surface area contributed by atoms with Crippen molar-refractivity contribution in [2.45, 2.75) is 19.8 Å². The number of esters is 2. The maximum absolute atomic E-state index is 12.3. The molecule has 1 N–H and O–H groups in total. The number of likely N-dealkylation sites (N-methyl/N-ethyl adjacent to an activating group) is 1. The van der Waals surface area contributed by atoms with Gasteiger partial charge in [-0.15, -0.1) is 0 Å². The van der Waals surface area contributed by atoms with E-state index in [1.807, 2.05) is 0 Å². The molecule has 2 heterocycles. The average Bonchev–Trinajstić information content (AvgIpc) is 2.84. The molecule has 0 aliphatic carbocycles. The van der Waals surface area contributed by atoms with E-state index in [1.54, 1.807) is 38.1 Å². The summed E-state index contributed by atoms with van der Waals surface area (Å²) < 4.78 is 9.76. The Bertz CT molecular complexity index is 856. The Labute approximate surface area is 148 Å². The highest BCUT2D eigenvalue weighted by molar-refractivity contribution is 6.31. The highest BCUT2D eigenvalue weighted by Gasteiger charge is 2.48. The maximum atomic E-state index is 12.3. The molecule has 0 fully saturated rings. The van der Waals surface area contributed by atoms with Crippen LogP contribution in [-0.2, 0) is 19.1 Å². The number of allylic oxidation sites excluding steroid dienone is 2. The van der Waals surface area contributed by atoms with E-state index in [0.717, 1.165) is 0 Å². The van der Waals surface area contributed by atoms with Gasteiger partial charge >= 0.3 is 18.1 Å². The minimum Gasteiger partial charge on any atom is -0.449 e. The zero-order chi connectivity index (χ0) is 18.3. The molecule has 0 radical (unpaired) electrons. The molecule has 2 aliphatic rings. The smallest absolute Gasteiger partial charge is 0.449 e. The van der Waals surface area contributed by atoms with Gasteiger partial charge in [0, 0.05) is 11.6 Å². The Kier molecular flexibility index (Phi) is 4.26. The lowest BCUT2D eigenvalue weighted by Crippen LogP contribution is -2.33. The molecule has 1 unspecified atom stereocenters. The molecule has 0 aromatic heterocycles. The summed E-state index contributed by atoms with van der Waals surface area (Å²) in [6, 6.07) is 6.66. The van der Waals surface area contributed by atoms with Crippen LogP contribution < -0.4 is 0 Å². The van der Waals surface area contributed by atoms with Crippen molar-refractivity contribution in [2.24, 2.45) is 0 Å². The highest BCUT2D eigenvalue weighted by Crippen LogP contribution is 2.46. The van der Waals surface area contributed by atoms with Crippen LogP contribution in [0.1, 0.15) is 25.3 Å². The summed E-state index contributed by atoms with van der Waals surface area (Å²) in [7, 11) is 0. The fourth-order valence-corrected chi connectivity index (χ4v) is 3.42. The number of carbonyl (C=O) groups excluding carboxylic acids is 2. The minimum atomic E-state index is -1.52. The number of carboxylic acid groups (broad SMARTS) is 1. The molecule has 3 rings (SSSR count). The Hall–Kier alpha value is -2.80. The molecule has 1 aromatic rings. The average molecular weight is 364 g/mol. The number of halogens is 1. The minimum absolute atomic E-state index is 0.0212. The molecule has 2 aliphatic heterocycles. The van der Waals surface area contributed by atoms with E-state index in [-0.39, 0.29) is 17.0 Å². The van der Waals surface area contributed by atoms with Crippen LogP contribution in [0, 0.1) is 0 Å². The monoisotopic (exact) mass is 363 g/mol. The summed E-state index contributed by atoms with van der Waals surface area (Å²) >= 11 is 6.25. The predicted octanol–water partition coefficient (Wildman–Crippen LogP) is 3.02. The fraction of sp³-hybridized carbons (Fsp3) is 0.235. The molecule has 1 atom stereocenters. The molecule has 0 amide bonds. The Balaban J connectivity index is 2.29. The zero-order valence-corrected chi connectivity index (χ0v) is 14.2. The van der Waals surface area contributed by atoms with Crippen molar-refractivity contribution >= 4 is 29.7 Å². The second-order valence-corrected chi connectivity index (χ2v) is 5.86. The van der Waals surface area contributed by atoms with Crippen LogP contribution >= 0.6 is 11.6 Å². The van der Waals surface area contributed by atoms with Crippen LogP contribution in [0.2, 0.25) is 5.02 Å². The largest absolute Gasteiger partial charge is 0.511 e. The summed E-state index contributed by atoms with van der Waals surface area (Å²) in [5.74, 6) is -2.52. The maximum Gasteiger partial charge on any atom is 0.511 e. The van der Waals surface area contributed by atoms with Gasteiger partial charge in [0.15, 0.2) is 0 Å². The Morgan fingerprint density at radius 2 is 2.00 bits per heavy atom. The molecule has 1 aromatic carbocycles. The van der Waals surface area contributed by atoms with Crippen molar-refractivity contribution in [3.8, 4) is 0 Å². The third-order valence-corrected chi connectivity index (χ3v) is 4.51. The molecule has 0 bridgehead atoms. The van der Waals surface area contributed by atoms with Crippen molar-refractivity contribution in [3.63, 3.8) is 0 Å². The van der Waals surface area contributed by atoms with Gasteiger partial charge < -0.3 is 19.5 Å². The second-order valence-electron chi connectivity index (χ2n) is 5.46. The highest BCUT2D eigenvalue weighted by atomic mass is 35.5. The van der Waals surface area contributed by atoms with Crippen molar-refractivity contribution in [3.05, 3.63) is 57.6 Å². The van der Waals surface area contributed by atoms with Gasteiger partial charge in [-0.2, -0.15) is 0 Å². The van der Waals surface area contributed by atoms with E-state index in [4.69, 9.17) is 26.2 Å². The number of carbonyl (C=O) groups is 3. The van der Waals surface area contributed by atoms with Gasteiger partial charge in [-0.3, -0.25) is 0 Å². The molecular weight excluding hydrogens is 350 g/mol. The number of hydrogen-bond acceptors (Lipinski definition) is 6. The van der Waals surface area contributed by atoms with Crippen LogP contribution in [0.25, 0.3) is 0 Å². The number of benzene rings is 1. The quantitative estimate of drug-likeness (QED) is 0.651. The van der Waals surface area contributed by atoms with Crippen LogP contribution in [0.15, 0.2) is 47.0 Å². The third-order valence-electron chi connectivity index (χ3n) is 4.17. The third kappa shape index (κ3) is 2.66. The lowest BCUT2D eigenvalue weighted by Gasteiger charge is -2.33. The summed E-state index contributed by atoms with van der Waals surface area (Å²) in [4.78, 5) is 37.2. The molecule has 0 spiro atoms. The molecule has 0 saturated carbocycles. The van der Waals surface area contributed by atoms with E-state index in [1.165, 1.54) is 4.90 Å². The van der Waals surface area contributed by atoms with Crippen molar-refractivity contribution in [1.29, 1.82) is 0 Å². The van der Waals surface area contributed by atoms with Crippen LogP contribution in [0.3, 0.4) is 0 Å². The molecule has 0 saturated heterocycles. The van der Waals surface area contributed by atoms with Crippen molar-refractivity contribution in [1.82, 2.24) is 4.90 Å². The first kappa shape index (κ1) is 17.0. The lowest BCUT2D eigenvalue weighted by molar-refractivity contribution is -0.151. The molecule has 130 valence electrons. The number of cyclic esters (lactones) is 2. The lowest BCUT2D eigenvalue weighted by atomic mass is 9.84. The molecule has 25 heavy (non-hydrogen) atoms. The van der Waals surface area contributed by atoms with Gasteiger partial charge in [0.25, 0.3) is 0 Å². The van der Waals surface area contributed by atoms with Crippen molar-refractivity contribution < 1.29 is 29.0 Å². The second kappa shape index (κ2) is 6.25. The SMILES string of the molecule is CCN1C(C)=C(OC(=O)O)C(c2ccccc2Cl)C2=C1C(=O)OC2=O. The summed E-state index contributed by atoms with van der Waals surface area (Å²) in [6.45, 7) is 3.71. The van der Waals surface area contributed by atoms with Gasteiger partial charge in [0.05, 0.1) is 17.2 Å². The van der Waals surface area contributed by atoms with Gasteiger partial charge in [0.1, 0.15) is 11.5 Å². The van der Waals surface area contributed by atoms with Gasteiger partial charge in [-0.1, -0.05) is 29.8 Å². The van der Waals surface area contributed by atoms with E-state index in [2.05, 4.69) is 0 Å². The van der Waals surface area contributed by atoms with Crippen molar-refractivity contribution in [2.75, 3.05) is 6.54 Å². The van der Waals surface area contributed by atoms with Crippen LogP contribution in [0.5, 0.6) is 0 Å². The Morgan fingerprint density at radius 3 is 2.60 bits per heavy atom. The van der Waals surface area contributed by atoms with E-state index >= 15 is 0 Å². The van der Waals surface area contributed by atoms with Gasteiger partial charge in [-0.05, 0) is 25.5 Å². The summed E-state index contributed by atoms with van der Waals surface area (Å²) in [5.41, 5.74) is 0.976. The Morgan fingerprint density at radius 1 is 1.32 bits per heavy atom. The van der Waals surface area contributed by atoms with E-state index in [0.29, 0.717) is 22.8 Å². The topological polar surface area (TPSA) is 93.1 Å². The van der Waals surface area contributed by atoms with Gasteiger partial charge in [0.2, 0.25) is 0 Å². The normalized spacial score (nSPS) is 20.0. The first-order valence-corrected chi connectivity index (χ1v) is 7.88. The molecular formula is C17H14ClNO6. The summed E-state index contributed by atoms with van der Waals surface area (Å²) in [5, 5.41) is 9.44. The first-order chi connectivity index (χ1) is 11.9. The van der Waals surface area contributed by atoms with E-state index in [9.17, 15) is 14.4 Å². The fourth-order valence-electron chi connectivity index (χ4n) is 3.17. The molecule has 8 heteroatoms. The van der Waals surface area contributed by atoms with Crippen LogP contribution in [-0.4, -0.2) is 34.6 Å². The predicted molar refractivity (Wildman–Crippen MR) is 86.5 cm³/mol. The van der Waals surface area contributed by atoms with Gasteiger partial charge in [-0.25, -0.2) is 14.4 Å².